The van der Waals surface area contributed by atoms with Crippen molar-refractivity contribution in [1.82, 2.24) is 5.32 Å². The number of halogens is 1. The first kappa shape index (κ1) is 11.7. The zero-order chi connectivity index (χ0) is 9.40. The quantitative estimate of drug-likeness (QED) is 0.431. The van der Waals surface area contributed by atoms with Crippen LogP contribution in [0.3, 0.4) is 0 Å². The summed E-state index contributed by atoms with van der Waals surface area (Å²) in [6.45, 7) is 0.578. The van der Waals surface area contributed by atoms with Gasteiger partial charge in [-0.15, -0.1) is 0 Å². The van der Waals surface area contributed by atoms with Crippen molar-refractivity contribution in [3.05, 3.63) is 0 Å². The van der Waals surface area contributed by atoms with Crippen LogP contribution < -0.4 is 5.32 Å². The predicted octanol–water partition coefficient (Wildman–Crippen LogP) is 0.792. The number of carbonyl (C=O) groups is 2. The number of hydrogen-bond donors (Lipinski definition) is 2. The highest BCUT2D eigenvalue weighted by molar-refractivity contribution is 14.1. The second-order valence-electron chi connectivity index (χ2n) is 2.33. The van der Waals surface area contributed by atoms with Crippen LogP contribution in [0.2, 0.25) is 0 Å². The van der Waals surface area contributed by atoms with Crippen molar-refractivity contribution in [2.75, 3.05) is 11.0 Å². The number of carbonyl (C=O) groups excluding carboxylic acids is 1. The summed E-state index contributed by atoms with van der Waals surface area (Å²) in [7, 11) is 0. The van der Waals surface area contributed by atoms with E-state index >= 15 is 0 Å². The lowest BCUT2D eigenvalue weighted by molar-refractivity contribution is -0.137. The Morgan fingerprint density at radius 1 is 1.33 bits per heavy atom. The van der Waals surface area contributed by atoms with Crippen molar-refractivity contribution in [3.63, 3.8) is 0 Å². The Kier molecular flexibility index (Phi) is 7.12. The number of nitrogens with one attached hydrogen (secondary N) is 1. The molecule has 0 saturated carbocycles. The second-order valence-corrected chi connectivity index (χ2v) is 3.10. The van der Waals surface area contributed by atoms with Gasteiger partial charge in [-0.25, -0.2) is 0 Å². The van der Waals surface area contributed by atoms with Crippen LogP contribution in [0.4, 0.5) is 0 Å². The van der Waals surface area contributed by atoms with E-state index in [0.717, 1.165) is 6.42 Å². The average molecular weight is 285 g/mol. The first-order valence-electron chi connectivity index (χ1n) is 3.71. The Balaban J connectivity index is 3.11. The summed E-state index contributed by atoms with van der Waals surface area (Å²) in [6, 6.07) is 0. The van der Waals surface area contributed by atoms with Gasteiger partial charge < -0.3 is 10.4 Å². The van der Waals surface area contributed by atoms with Crippen LogP contribution in [-0.4, -0.2) is 28.0 Å². The average Bonchev–Trinajstić information content (AvgIpc) is 2.03. The lowest BCUT2D eigenvalue weighted by Gasteiger charge is -2.00. The third-order valence-corrected chi connectivity index (χ3v) is 1.95. The van der Waals surface area contributed by atoms with Gasteiger partial charge in [-0.2, -0.15) is 0 Å². The summed E-state index contributed by atoms with van der Waals surface area (Å²) in [4.78, 5) is 20.7. The van der Waals surface area contributed by atoms with Gasteiger partial charge in [-0.3, -0.25) is 9.59 Å². The minimum absolute atomic E-state index is 0.00549. The molecular formula is C7H12INO3. The van der Waals surface area contributed by atoms with E-state index in [0.29, 0.717) is 17.4 Å². The monoisotopic (exact) mass is 285 g/mol. The smallest absolute Gasteiger partial charge is 0.303 e. The molecule has 0 aromatic rings. The Hall–Kier alpha value is -0.330. The van der Waals surface area contributed by atoms with Gasteiger partial charge in [-0.1, -0.05) is 22.6 Å². The SMILES string of the molecule is O=C(O)CCCCNC(=O)CI. The molecule has 0 unspecified atom stereocenters. The summed E-state index contributed by atoms with van der Waals surface area (Å²) in [6.07, 6.45) is 1.53. The number of amides is 1. The molecule has 0 aliphatic heterocycles. The molecule has 0 rings (SSSR count). The van der Waals surface area contributed by atoms with E-state index < -0.39 is 5.97 Å². The molecule has 0 aliphatic rings. The summed E-state index contributed by atoms with van der Waals surface area (Å²) < 4.78 is 0.455. The molecule has 0 fully saturated rings. The second kappa shape index (κ2) is 7.33. The number of carboxylic acid groups (broad SMARTS) is 1. The Bertz CT molecular complexity index is 161. The molecule has 0 atom stereocenters. The van der Waals surface area contributed by atoms with E-state index in [1.807, 2.05) is 22.6 Å². The third kappa shape index (κ3) is 7.77. The Morgan fingerprint density at radius 3 is 2.50 bits per heavy atom. The summed E-state index contributed by atoms with van der Waals surface area (Å²) in [5.74, 6) is -0.777. The first-order valence-corrected chi connectivity index (χ1v) is 5.24. The van der Waals surface area contributed by atoms with Crippen LogP contribution in [0.25, 0.3) is 0 Å². The van der Waals surface area contributed by atoms with Crippen molar-refractivity contribution in [2.45, 2.75) is 19.3 Å². The highest BCUT2D eigenvalue weighted by atomic mass is 127. The Morgan fingerprint density at radius 2 is 2.00 bits per heavy atom. The molecule has 0 heterocycles. The maximum Gasteiger partial charge on any atom is 0.303 e. The minimum Gasteiger partial charge on any atom is -0.481 e. The van der Waals surface area contributed by atoms with Crippen LogP contribution in [-0.2, 0) is 9.59 Å². The van der Waals surface area contributed by atoms with Crippen LogP contribution in [0.15, 0.2) is 0 Å². The fourth-order valence-electron chi connectivity index (χ4n) is 0.676. The molecule has 12 heavy (non-hydrogen) atoms. The molecule has 70 valence electrons. The molecule has 0 bridgehead atoms. The molecule has 2 N–H and O–H groups in total. The molecule has 0 aromatic heterocycles. The fourth-order valence-corrected chi connectivity index (χ4v) is 0.946. The summed E-state index contributed by atoms with van der Waals surface area (Å²) in [5, 5.41) is 10.9. The van der Waals surface area contributed by atoms with Crippen molar-refractivity contribution < 1.29 is 14.7 Å². The number of rotatable bonds is 6. The first-order chi connectivity index (χ1) is 5.66. The Labute approximate surface area is 84.9 Å². The van der Waals surface area contributed by atoms with Crippen molar-refractivity contribution in [2.24, 2.45) is 0 Å². The molecule has 0 saturated heterocycles. The lowest BCUT2D eigenvalue weighted by atomic mass is 10.2. The topological polar surface area (TPSA) is 66.4 Å². The zero-order valence-electron chi connectivity index (χ0n) is 6.68. The molecule has 5 heteroatoms. The normalized spacial score (nSPS) is 9.42. The molecule has 4 nitrogen and oxygen atoms in total. The molecular weight excluding hydrogens is 273 g/mol. The maximum atomic E-state index is 10.7. The standard InChI is InChI=1S/C7H12INO3/c8-5-6(10)9-4-2-1-3-7(11)12/h1-5H2,(H,9,10)(H,11,12). The van der Waals surface area contributed by atoms with Crippen LogP contribution in [0.1, 0.15) is 19.3 Å². The predicted molar refractivity (Wildman–Crippen MR) is 53.4 cm³/mol. The molecule has 1 amide bonds. The lowest BCUT2D eigenvalue weighted by Crippen LogP contribution is -2.25. The van der Waals surface area contributed by atoms with Crippen molar-refractivity contribution in [1.29, 1.82) is 0 Å². The van der Waals surface area contributed by atoms with Gasteiger partial charge in [0.15, 0.2) is 0 Å². The van der Waals surface area contributed by atoms with E-state index in [9.17, 15) is 9.59 Å². The van der Waals surface area contributed by atoms with E-state index in [4.69, 9.17) is 5.11 Å². The fraction of sp³-hybridized carbons (Fsp3) is 0.714. The number of unbranched alkanes of at least 4 members (excludes halogenated alkanes) is 1. The van der Waals surface area contributed by atoms with Gasteiger partial charge in [0.2, 0.25) is 5.91 Å². The molecule has 0 aliphatic carbocycles. The van der Waals surface area contributed by atoms with E-state index in [1.54, 1.807) is 0 Å². The largest absolute Gasteiger partial charge is 0.481 e. The van der Waals surface area contributed by atoms with Gasteiger partial charge in [-0.05, 0) is 12.8 Å². The molecule has 0 aromatic carbocycles. The van der Waals surface area contributed by atoms with Gasteiger partial charge >= 0.3 is 5.97 Å². The molecule has 0 spiro atoms. The van der Waals surface area contributed by atoms with Crippen molar-refractivity contribution >= 4 is 34.5 Å². The van der Waals surface area contributed by atoms with Gasteiger partial charge in [0.1, 0.15) is 0 Å². The van der Waals surface area contributed by atoms with E-state index in [-0.39, 0.29) is 12.3 Å². The van der Waals surface area contributed by atoms with Crippen LogP contribution in [0.5, 0.6) is 0 Å². The van der Waals surface area contributed by atoms with E-state index in [2.05, 4.69) is 5.32 Å². The minimum atomic E-state index is -0.782. The highest BCUT2D eigenvalue weighted by Gasteiger charge is 1.98. The number of aliphatic carboxylic acids is 1. The van der Waals surface area contributed by atoms with Gasteiger partial charge in [0.05, 0.1) is 4.43 Å². The number of hydrogen-bond acceptors (Lipinski definition) is 2. The third-order valence-electron chi connectivity index (χ3n) is 1.26. The number of alkyl halides is 1. The summed E-state index contributed by atoms with van der Waals surface area (Å²) >= 11 is 1.98. The zero-order valence-corrected chi connectivity index (χ0v) is 8.83. The maximum absolute atomic E-state index is 10.7. The van der Waals surface area contributed by atoms with Gasteiger partial charge in [0.25, 0.3) is 0 Å². The van der Waals surface area contributed by atoms with Crippen LogP contribution >= 0.6 is 22.6 Å². The van der Waals surface area contributed by atoms with E-state index in [1.165, 1.54) is 0 Å². The highest BCUT2D eigenvalue weighted by Crippen LogP contribution is 1.93. The van der Waals surface area contributed by atoms with Crippen molar-refractivity contribution in [3.8, 4) is 0 Å². The number of carboxylic acids is 1. The summed E-state index contributed by atoms with van der Waals surface area (Å²) in [5.41, 5.74) is 0. The van der Waals surface area contributed by atoms with Crippen LogP contribution in [0, 0.1) is 0 Å². The van der Waals surface area contributed by atoms with Gasteiger partial charge in [0, 0.05) is 13.0 Å². The molecule has 0 radical (unpaired) electrons.